The van der Waals surface area contributed by atoms with E-state index in [1.807, 2.05) is 18.2 Å². The van der Waals surface area contributed by atoms with E-state index in [0.717, 1.165) is 43.3 Å². The summed E-state index contributed by atoms with van der Waals surface area (Å²) in [5, 5.41) is 14.7. The molecule has 5 heteroatoms. The molecule has 128 valence electrons. The van der Waals surface area contributed by atoms with Crippen LogP contribution in [0.4, 0.5) is 0 Å². The van der Waals surface area contributed by atoms with Crippen LogP contribution < -0.4 is 5.32 Å². The Morgan fingerprint density at radius 2 is 2.21 bits per heavy atom. The Balaban J connectivity index is 1.50. The zero-order chi connectivity index (χ0) is 16.7. The molecular weight excluding hydrogens is 304 g/mol. The Labute approximate surface area is 141 Å². The molecule has 5 nitrogen and oxygen atoms in total. The van der Waals surface area contributed by atoms with Gasteiger partial charge in [-0.15, -0.1) is 0 Å². The Morgan fingerprint density at radius 3 is 2.88 bits per heavy atom. The zero-order valence-electron chi connectivity index (χ0n) is 14.0. The summed E-state index contributed by atoms with van der Waals surface area (Å²) in [6.45, 7) is 5.17. The Morgan fingerprint density at radius 1 is 1.42 bits per heavy atom. The van der Waals surface area contributed by atoms with Crippen LogP contribution in [-0.2, 0) is 6.42 Å². The lowest BCUT2D eigenvalue weighted by Crippen LogP contribution is -2.63. The van der Waals surface area contributed by atoms with Gasteiger partial charge in [0.2, 0.25) is 0 Å². The molecule has 1 aromatic carbocycles. The van der Waals surface area contributed by atoms with Crippen LogP contribution in [0.15, 0.2) is 28.9 Å². The molecule has 0 unspecified atom stereocenters. The SMILES string of the molecule is CCc1ccc2occ(C(=O)NC[C@]3(O)CN4CCC3CC4)c2c1. The lowest BCUT2D eigenvalue weighted by molar-refractivity contribution is -0.108. The maximum atomic E-state index is 12.6. The van der Waals surface area contributed by atoms with Crippen LogP contribution in [0.3, 0.4) is 0 Å². The first-order chi connectivity index (χ1) is 11.6. The predicted molar refractivity (Wildman–Crippen MR) is 92.0 cm³/mol. The largest absolute Gasteiger partial charge is 0.463 e. The van der Waals surface area contributed by atoms with E-state index in [1.54, 1.807) is 0 Å². The second-order valence-electron chi connectivity index (χ2n) is 7.17. The predicted octanol–water partition coefficient (Wildman–Crippen LogP) is 2.18. The minimum atomic E-state index is -0.805. The number of hydrogen-bond acceptors (Lipinski definition) is 4. The van der Waals surface area contributed by atoms with Crippen molar-refractivity contribution in [2.75, 3.05) is 26.2 Å². The normalized spacial score (nSPS) is 29.1. The van der Waals surface area contributed by atoms with Crippen molar-refractivity contribution in [1.29, 1.82) is 0 Å². The molecule has 2 bridgehead atoms. The number of hydrogen-bond donors (Lipinski definition) is 2. The minimum absolute atomic E-state index is 0.174. The molecule has 1 atom stereocenters. The second kappa shape index (κ2) is 5.90. The minimum Gasteiger partial charge on any atom is -0.463 e. The van der Waals surface area contributed by atoms with E-state index < -0.39 is 5.60 Å². The van der Waals surface area contributed by atoms with Crippen molar-refractivity contribution in [3.05, 3.63) is 35.6 Å². The molecule has 1 amide bonds. The fourth-order valence-corrected chi connectivity index (χ4v) is 4.15. The number of piperidine rings is 3. The quantitative estimate of drug-likeness (QED) is 0.903. The summed E-state index contributed by atoms with van der Waals surface area (Å²) in [5.74, 6) is 0.113. The topological polar surface area (TPSA) is 65.7 Å². The molecule has 2 N–H and O–H groups in total. The van der Waals surface area contributed by atoms with Crippen molar-refractivity contribution < 1.29 is 14.3 Å². The highest BCUT2D eigenvalue weighted by Crippen LogP contribution is 2.35. The van der Waals surface area contributed by atoms with Gasteiger partial charge in [-0.3, -0.25) is 4.79 Å². The lowest BCUT2D eigenvalue weighted by Gasteiger charge is -2.50. The summed E-state index contributed by atoms with van der Waals surface area (Å²) in [7, 11) is 0. The molecule has 3 fully saturated rings. The van der Waals surface area contributed by atoms with Crippen molar-refractivity contribution >= 4 is 16.9 Å². The van der Waals surface area contributed by atoms with Gasteiger partial charge in [0.15, 0.2) is 0 Å². The van der Waals surface area contributed by atoms with Crippen LogP contribution in [0.25, 0.3) is 11.0 Å². The van der Waals surface area contributed by atoms with Crippen molar-refractivity contribution in [3.8, 4) is 0 Å². The molecule has 3 saturated heterocycles. The molecular formula is C19H24N2O3. The molecule has 5 rings (SSSR count). The van der Waals surface area contributed by atoms with Gasteiger partial charge in [-0.05, 0) is 56.0 Å². The molecule has 4 heterocycles. The smallest absolute Gasteiger partial charge is 0.255 e. The number of furan rings is 1. The molecule has 0 saturated carbocycles. The monoisotopic (exact) mass is 328 g/mol. The van der Waals surface area contributed by atoms with Crippen molar-refractivity contribution in [3.63, 3.8) is 0 Å². The van der Waals surface area contributed by atoms with Crippen LogP contribution in [-0.4, -0.2) is 47.7 Å². The van der Waals surface area contributed by atoms with Crippen molar-refractivity contribution in [2.45, 2.75) is 31.8 Å². The summed E-state index contributed by atoms with van der Waals surface area (Å²) < 4.78 is 5.50. The maximum absolute atomic E-state index is 12.6. The van der Waals surface area contributed by atoms with Crippen LogP contribution in [0, 0.1) is 5.92 Å². The van der Waals surface area contributed by atoms with Gasteiger partial charge in [0.05, 0.1) is 11.2 Å². The third-order valence-corrected chi connectivity index (χ3v) is 5.69. The van der Waals surface area contributed by atoms with E-state index >= 15 is 0 Å². The highest BCUT2D eigenvalue weighted by Gasteiger charge is 2.45. The summed E-state index contributed by atoms with van der Waals surface area (Å²) in [4.78, 5) is 14.9. The number of aliphatic hydroxyl groups is 1. The summed E-state index contributed by atoms with van der Waals surface area (Å²) in [6.07, 6.45) is 4.46. The van der Waals surface area contributed by atoms with Gasteiger partial charge >= 0.3 is 0 Å². The van der Waals surface area contributed by atoms with Crippen LogP contribution in [0.1, 0.15) is 35.7 Å². The third-order valence-electron chi connectivity index (χ3n) is 5.69. The number of aryl methyl sites for hydroxylation is 1. The first kappa shape index (κ1) is 15.7. The Kier molecular flexibility index (Phi) is 3.85. The van der Waals surface area contributed by atoms with E-state index in [9.17, 15) is 9.90 Å². The lowest BCUT2D eigenvalue weighted by atomic mass is 9.75. The van der Waals surface area contributed by atoms with Gasteiger partial charge < -0.3 is 19.7 Å². The average Bonchev–Trinajstić information content (AvgIpc) is 3.03. The molecule has 0 radical (unpaired) electrons. The van der Waals surface area contributed by atoms with E-state index in [1.165, 1.54) is 11.8 Å². The summed E-state index contributed by atoms with van der Waals surface area (Å²) in [5.41, 5.74) is 1.64. The number of carbonyl (C=O) groups excluding carboxylic acids is 1. The molecule has 3 aliphatic heterocycles. The maximum Gasteiger partial charge on any atom is 0.255 e. The highest BCUT2D eigenvalue weighted by atomic mass is 16.3. The average molecular weight is 328 g/mol. The first-order valence-corrected chi connectivity index (χ1v) is 8.82. The third kappa shape index (κ3) is 2.62. The van der Waals surface area contributed by atoms with Crippen LogP contribution in [0.2, 0.25) is 0 Å². The molecule has 1 aromatic heterocycles. The molecule has 3 aliphatic rings. The molecule has 24 heavy (non-hydrogen) atoms. The number of amides is 1. The van der Waals surface area contributed by atoms with Crippen molar-refractivity contribution in [1.82, 2.24) is 10.2 Å². The number of nitrogens with zero attached hydrogens (tertiary/aromatic N) is 1. The highest BCUT2D eigenvalue weighted by molar-refractivity contribution is 6.06. The van der Waals surface area contributed by atoms with Gasteiger partial charge in [-0.2, -0.15) is 0 Å². The molecule has 0 aliphatic carbocycles. The number of nitrogens with one attached hydrogen (secondary N) is 1. The molecule has 2 aromatic rings. The number of rotatable bonds is 4. The van der Waals surface area contributed by atoms with Gasteiger partial charge in [-0.25, -0.2) is 0 Å². The fraction of sp³-hybridized carbons (Fsp3) is 0.526. The van der Waals surface area contributed by atoms with Gasteiger partial charge in [0.1, 0.15) is 11.8 Å². The standard InChI is InChI=1S/C19H24N2O3/c1-2-13-3-4-17-15(9-13)16(10-24-17)18(22)20-11-19(23)12-21-7-5-14(19)6-8-21/h3-4,9-10,14,23H,2,5-8,11-12H2,1H3,(H,20,22)/t19-/m0/s1. The fourth-order valence-electron chi connectivity index (χ4n) is 4.15. The van der Waals surface area contributed by atoms with Gasteiger partial charge in [0.25, 0.3) is 5.91 Å². The van der Waals surface area contributed by atoms with Crippen LogP contribution >= 0.6 is 0 Å². The van der Waals surface area contributed by atoms with E-state index in [0.29, 0.717) is 18.7 Å². The van der Waals surface area contributed by atoms with E-state index in [4.69, 9.17) is 4.42 Å². The van der Waals surface area contributed by atoms with E-state index in [-0.39, 0.29) is 11.8 Å². The molecule has 0 spiro atoms. The number of carbonyl (C=O) groups is 1. The first-order valence-electron chi connectivity index (χ1n) is 8.82. The second-order valence-corrected chi connectivity index (χ2v) is 7.17. The van der Waals surface area contributed by atoms with Gasteiger partial charge in [-0.1, -0.05) is 13.0 Å². The Bertz CT molecular complexity index is 761. The number of benzene rings is 1. The number of fused-ring (bicyclic) bond motifs is 4. The zero-order valence-corrected chi connectivity index (χ0v) is 14.0. The van der Waals surface area contributed by atoms with E-state index in [2.05, 4.69) is 17.1 Å². The van der Waals surface area contributed by atoms with Gasteiger partial charge in [0, 0.05) is 18.5 Å². The van der Waals surface area contributed by atoms with Crippen LogP contribution in [0.5, 0.6) is 0 Å². The van der Waals surface area contributed by atoms with Crippen molar-refractivity contribution in [2.24, 2.45) is 5.92 Å². The summed E-state index contributed by atoms with van der Waals surface area (Å²) in [6, 6.07) is 5.94. The Hall–Kier alpha value is -1.85. The summed E-state index contributed by atoms with van der Waals surface area (Å²) >= 11 is 0.